The zero-order valence-electron chi connectivity index (χ0n) is 18.4. The second kappa shape index (κ2) is 10.5. The van der Waals surface area contributed by atoms with E-state index in [1.807, 2.05) is 0 Å². The number of pyridine rings is 1. The minimum atomic E-state index is -1.60. The smallest absolute Gasteiger partial charge is 0.423 e. The van der Waals surface area contributed by atoms with E-state index in [-0.39, 0.29) is 6.54 Å². The molecule has 4 rings (SSSR count). The quantitative estimate of drug-likeness (QED) is 0.202. The molecular formula is C24H21B2N3O6. The highest BCUT2D eigenvalue weighted by Gasteiger charge is 2.16. The molecule has 0 saturated heterocycles. The van der Waals surface area contributed by atoms with Crippen LogP contribution < -0.4 is 21.6 Å². The van der Waals surface area contributed by atoms with Crippen LogP contribution in [0.1, 0.15) is 10.4 Å². The van der Waals surface area contributed by atoms with Gasteiger partial charge in [0.15, 0.2) is 0 Å². The van der Waals surface area contributed by atoms with Crippen LogP contribution in [-0.4, -0.2) is 57.7 Å². The lowest BCUT2D eigenvalue weighted by Gasteiger charge is -2.11. The molecular weight excluding hydrogens is 448 g/mol. The Morgan fingerprint density at radius 1 is 0.800 bits per heavy atom. The summed E-state index contributed by atoms with van der Waals surface area (Å²) in [5, 5.41) is 42.8. The number of carbonyl (C=O) groups excluding carboxylic acids is 2. The number of hydrogen-bond acceptors (Lipinski definition) is 7. The molecule has 0 aliphatic rings. The van der Waals surface area contributed by atoms with Crippen molar-refractivity contribution in [1.29, 1.82) is 0 Å². The van der Waals surface area contributed by atoms with Crippen molar-refractivity contribution in [3.8, 4) is 11.3 Å². The largest absolute Gasteiger partial charge is 0.488 e. The number of fused-ring (bicyclic) bond motifs is 1. The zero-order chi connectivity index (χ0) is 24.9. The monoisotopic (exact) mass is 469 g/mol. The van der Waals surface area contributed by atoms with Crippen LogP contribution in [-0.2, 0) is 4.79 Å². The molecule has 4 aromatic rings. The third-order valence-corrected chi connectivity index (χ3v) is 5.37. The number of benzene rings is 3. The molecule has 0 fully saturated rings. The number of rotatable bonds is 7. The average Bonchev–Trinajstić information content (AvgIpc) is 2.87. The summed E-state index contributed by atoms with van der Waals surface area (Å²) in [5.74, 6) is -0.909. The van der Waals surface area contributed by atoms with Crippen molar-refractivity contribution >= 4 is 53.6 Å². The van der Waals surface area contributed by atoms with Crippen molar-refractivity contribution in [3.05, 3.63) is 84.4 Å². The van der Waals surface area contributed by atoms with E-state index in [4.69, 9.17) is 10.0 Å². The third kappa shape index (κ3) is 5.73. The summed E-state index contributed by atoms with van der Waals surface area (Å²) in [7, 11) is -3.18. The number of amides is 2. The van der Waals surface area contributed by atoms with Gasteiger partial charge in [0.1, 0.15) is 0 Å². The van der Waals surface area contributed by atoms with Crippen molar-refractivity contribution in [2.75, 3.05) is 11.9 Å². The third-order valence-electron chi connectivity index (χ3n) is 5.37. The summed E-state index contributed by atoms with van der Waals surface area (Å²) in [5.41, 5.74) is 3.20. The van der Waals surface area contributed by atoms with E-state index in [1.54, 1.807) is 54.6 Å². The molecule has 3 aromatic carbocycles. The van der Waals surface area contributed by atoms with Gasteiger partial charge in [-0.05, 0) is 35.2 Å². The number of carbonyl (C=O) groups is 2. The maximum absolute atomic E-state index is 13.0. The average molecular weight is 469 g/mol. The fourth-order valence-corrected chi connectivity index (χ4v) is 3.54. The molecule has 0 atom stereocenters. The number of para-hydroxylation sites is 1. The molecule has 11 heteroatoms. The minimum absolute atomic E-state index is 0.279. The maximum Gasteiger partial charge on any atom is 0.488 e. The van der Waals surface area contributed by atoms with Gasteiger partial charge in [0.2, 0.25) is 5.91 Å². The standard InChI is InChI=1S/C24H21B2N3O6/c30-23(28-18-11-9-17(10-12-18)26(34)35)14-27-24(31)20-13-22(29-21-4-2-1-3-19(20)21)15-5-7-16(8-6-15)25(32)33/h1-13,32-35H,14H2,(H,27,31)(H,28,30). The number of hydrogen-bond donors (Lipinski definition) is 6. The van der Waals surface area contributed by atoms with Crippen LogP contribution >= 0.6 is 0 Å². The second-order valence-corrected chi connectivity index (χ2v) is 7.79. The SMILES string of the molecule is O=C(CNC(=O)c1cc(-c2ccc(B(O)O)cc2)nc2ccccc12)Nc1ccc(B(O)O)cc1. The highest BCUT2D eigenvalue weighted by molar-refractivity contribution is 6.59. The summed E-state index contributed by atoms with van der Waals surface area (Å²) in [4.78, 5) is 30.0. The first-order valence-corrected chi connectivity index (χ1v) is 10.7. The Kier molecular flexibility index (Phi) is 7.23. The van der Waals surface area contributed by atoms with Gasteiger partial charge in [-0.3, -0.25) is 9.59 Å². The Balaban J connectivity index is 1.52. The fourth-order valence-electron chi connectivity index (χ4n) is 3.54. The van der Waals surface area contributed by atoms with Gasteiger partial charge in [0, 0.05) is 16.6 Å². The second-order valence-electron chi connectivity index (χ2n) is 7.79. The fraction of sp³-hybridized carbons (Fsp3) is 0.0417. The molecule has 0 spiro atoms. The molecule has 1 heterocycles. The minimum Gasteiger partial charge on any atom is -0.423 e. The number of anilines is 1. The Hall–Kier alpha value is -4.02. The molecule has 1 aromatic heterocycles. The predicted octanol–water partition coefficient (Wildman–Crippen LogP) is -0.370. The first kappa shape index (κ1) is 24.1. The van der Waals surface area contributed by atoms with Crippen molar-refractivity contribution < 1.29 is 29.7 Å². The molecule has 0 bridgehead atoms. The summed E-state index contributed by atoms with van der Waals surface area (Å²) in [6.45, 7) is -0.279. The lowest BCUT2D eigenvalue weighted by Crippen LogP contribution is -2.33. The molecule has 0 aliphatic carbocycles. The molecule has 9 nitrogen and oxygen atoms in total. The van der Waals surface area contributed by atoms with Gasteiger partial charge in [0.05, 0.1) is 23.3 Å². The Morgan fingerprint density at radius 3 is 2.03 bits per heavy atom. The zero-order valence-corrected chi connectivity index (χ0v) is 18.4. The van der Waals surface area contributed by atoms with Gasteiger partial charge >= 0.3 is 14.2 Å². The first-order chi connectivity index (χ1) is 16.8. The maximum atomic E-state index is 13.0. The highest BCUT2D eigenvalue weighted by Crippen LogP contribution is 2.24. The molecule has 0 aliphatic heterocycles. The first-order valence-electron chi connectivity index (χ1n) is 10.7. The molecule has 0 unspecified atom stereocenters. The Morgan fingerprint density at radius 2 is 1.40 bits per heavy atom. The van der Waals surface area contributed by atoms with E-state index in [0.29, 0.717) is 44.3 Å². The van der Waals surface area contributed by atoms with Crippen LogP contribution in [0.3, 0.4) is 0 Å². The lowest BCUT2D eigenvalue weighted by molar-refractivity contribution is -0.115. The van der Waals surface area contributed by atoms with Crippen LogP contribution in [0.2, 0.25) is 0 Å². The molecule has 6 N–H and O–H groups in total. The van der Waals surface area contributed by atoms with Crippen molar-refractivity contribution in [2.45, 2.75) is 0 Å². The lowest BCUT2D eigenvalue weighted by atomic mass is 9.80. The van der Waals surface area contributed by atoms with Gasteiger partial charge in [-0.2, -0.15) is 0 Å². The van der Waals surface area contributed by atoms with Crippen molar-refractivity contribution in [1.82, 2.24) is 10.3 Å². The van der Waals surface area contributed by atoms with Crippen molar-refractivity contribution in [3.63, 3.8) is 0 Å². The van der Waals surface area contributed by atoms with Crippen LogP contribution in [0.25, 0.3) is 22.2 Å². The van der Waals surface area contributed by atoms with Crippen LogP contribution in [0.5, 0.6) is 0 Å². The number of aromatic nitrogens is 1. The normalized spacial score (nSPS) is 10.6. The summed E-state index contributed by atoms with van der Waals surface area (Å²) >= 11 is 0. The summed E-state index contributed by atoms with van der Waals surface area (Å²) < 4.78 is 0. The van der Waals surface area contributed by atoms with Gasteiger partial charge in [-0.25, -0.2) is 4.98 Å². The van der Waals surface area contributed by atoms with Gasteiger partial charge in [-0.15, -0.1) is 0 Å². The summed E-state index contributed by atoms with van der Waals surface area (Å²) in [6.07, 6.45) is 0. The van der Waals surface area contributed by atoms with Gasteiger partial charge < -0.3 is 30.7 Å². The van der Waals surface area contributed by atoms with E-state index in [1.165, 1.54) is 24.3 Å². The van der Waals surface area contributed by atoms with Crippen molar-refractivity contribution in [2.24, 2.45) is 0 Å². The molecule has 35 heavy (non-hydrogen) atoms. The molecule has 0 radical (unpaired) electrons. The Labute approximate surface area is 201 Å². The van der Waals surface area contributed by atoms with Crippen LogP contribution in [0.4, 0.5) is 5.69 Å². The molecule has 174 valence electrons. The van der Waals surface area contributed by atoms with Crippen LogP contribution in [0, 0.1) is 0 Å². The highest BCUT2D eigenvalue weighted by atomic mass is 16.4. The van der Waals surface area contributed by atoms with E-state index in [0.717, 1.165) is 0 Å². The predicted molar refractivity (Wildman–Crippen MR) is 134 cm³/mol. The van der Waals surface area contributed by atoms with Gasteiger partial charge in [-0.1, -0.05) is 54.6 Å². The van der Waals surface area contributed by atoms with Crippen LogP contribution in [0.15, 0.2) is 78.9 Å². The number of nitrogens with one attached hydrogen (secondary N) is 2. The topological polar surface area (TPSA) is 152 Å². The van der Waals surface area contributed by atoms with Gasteiger partial charge in [0.25, 0.3) is 5.91 Å². The van der Waals surface area contributed by atoms with E-state index >= 15 is 0 Å². The van der Waals surface area contributed by atoms with E-state index in [9.17, 15) is 19.6 Å². The van der Waals surface area contributed by atoms with E-state index < -0.39 is 26.1 Å². The molecule has 2 amide bonds. The van der Waals surface area contributed by atoms with E-state index in [2.05, 4.69) is 15.6 Å². The molecule has 0 saturated carbocycles. The number of nitrogens with zero attached hydrogens (tertiary/aromatic N) is 1. The Bertz CT molecular complexity index is 1360. The summed E-state index contributed by atoms with van der Waals surface area (Å²) in [6, 6.07) is 21.3.